The summed E-state index contributed by atoms with van der Waals surface area (Å²) in [6, 6.07) is 13.7. The number of hydrogen-bond acceptors (Lipinski definition) is 3. The van der Waals surface area contributed by atoms with Crippen LogP contribution in [0.15, 0.2) is 42.5 Å². The van der Waals surface area contributed by atoms with Gasteiger partial charge in [0, 0.05) is 49.0 Å². The molecule has 1 N–H and O–H groups in total. The van der Waals surface area contributed by atoms with Crippen molar-refractivity contribution < 1.29 is 9.59 Å². The third kappa shape index (κ3) is 4.14. The van der Waals surface area contributed by atoms with E-state index in [1.54, 1.807) is 6.07 Å². The monoisotopic (exact) mass is 391 g/mol. The summed E-state index contributed by atoms with van der Waals surface area (Å²) < 4.78 is 0. The van der Waals surface area contributed by atoms with Crippen LogP contribution in [0.2, 0.25) is 0 Å². The summed E-state index contributed by atoms with van der Waals surface area (Å²) in [6.45, 7) is 9.42. The molecule has 1 heterocycles. The van der Waals surface area contributed by atoms with Gasteiger partial charge in [-0.15, -0.1) is 0 Å². The van der Waals surface area contributed by atoms with Crippen molar-refractivity contribution in [1.29, 1.82) is 0 Å². The quantitative estimate of drug-likeness (QED) is 0.861. The zero-order valence-electron chi connectivity index (χ0n) is 17.4. The molecule has 152 valence electrons. The fraction of sp³-hybridized carbons (Fsp3) is 0.417. The van der Waals surface area contributed by atoms with Crippen LogP contribution in [0, 0.1) is 25.7 Å². The fourth-order valence-corrected chi connectivity index (χ4v) is 4.06. The van der Waals surface area contributed by atoms with Crippen LogP contribution in [0.25, 0.3) is 0 Å². The van der Waals surface area contributed by atoms with E-state index in [1.807, 2.05) is 23.1 Å². The molecule has 0 aromatic heterocycles. The second kappa shape index (κ2) is 7.90. The molecule has 5 heteroatoms. The molecule has 2 aliphatic rings. The number of hydrogen-bond donors (Lipinski definition) is 1. The standard InChI is InChI=1S/C24H29N3O2/c1-16-6-4-9-22(18(16)3)26-10-12-27(13-11-26)24(29)19-7-5-8-20(15-19)25-23(28)21-14-17(21)2/h4-9,15,17,21H,10-14H2,1-3H3,(H,25,28). The van der Waals surface area contributed by atoms with E-state index >= 15 is 0 Å². The Labute approximate surface area is 172 Å². The zero-order chi connectivity index (χ0) is 20.5. The molecule has 0 bridgehead atoms. The van der Waals surface area contributed by atoms with Gasteiger partial charge in [0.1, 0.15) is 0 Å². The highest BCUT2D eigenvalue weighted by Crippen LogP contribution is 2.38. The number of anilines is 2. The average Bonchev–Trinajstić information content (AvgIpc) is 3.47. The third-order valence-electron chi connectivity index (χ3n) is 6.31. The molecule has 2 unspecified atom stereocenters. The Balaban J connectivity index is 1.39. The van der Waals surface area contributed by atoms with Gasteiger partial charge in [-0.3, -0.25) is 9.59 Å². The smallest absolute Gasteiger partial charge is 0.254 e. The van der Waals surface area contributed by atoms with E-state index in [9.17, 15) is 9.59 Å². The maximum atomic E-state index is 13.0. The van der Waals surface area contributed by atoms with E-state index in [1.165, 1.54) is 16.8 Å². The molecule has 1 saturated carbocycles. The average molecular weight is 392 g/mol. The van der Waals surface area contributed by atoms with Crippen LogP contribution in [0.5, 0.6) is 0 Å². The molecule has 2 fully saturated rings. The molecule has 1 aliphatic heterocycles. The Morgan fingerprint density at radius 2 is 1.69 bits per heavy atom. The topological polar surface area (TPSA) is 52.6 Å². The first-order chi connectivity index (χ1) is 13.9. The minimum absolute atomic E-state index is 0.0292. The van der Waals surface area contributed by atoms with Gasteiger partial charge in [0.15, 0.2) is 0 Å². The molecule has 0 spiro atoms. The van der Waals surface area contributed by atoms with Gasteiger partial charge in [-0.2, -0.15) is 0 Å². The first-order valence-corrected chi connectivity index (χ1v) is 10.5. The number of amides is 2. The maximum absolute atomic E-state index is 13.0. The molecule has 29 heavy (non-hydrogen) atoms. The van der Waals surface area contributed by atoms with Gasteiger partial charge in [-0.05, 0) is 61.6 Å². The lowest BCUT2D eigenvalue weighted by Gasteiger charge is -2.37. The predicted molar refractivity (Wildman–Crippen MR) is 116 cm³/mol. The molecule has 1 saturated heterocycles. The molecule has 0 radical (unpaired) electrons. The summed E-state index contributed by atoms with van der Waals surface area (Å²) in [7, 11) is 0. The van der Waals surface area contributed by atoms with E-state index in [-0.39, 0.29) is 17.7 Å². The summed E-state index contributed by atoms with van der Waals surface area (Å²) in [5.74, 6) is 0.673. The van der Waals surface area contributed by atoms with Crippen molar-refractivity contribution in [3.63, 3.8) is 0 Å². The van der Waals surface area contributed by atoms with E-state index in [0.717, 1.165) is 19.5 Å². The molecule has 4 rings (SSSR count). The molecular weight excluding hydrogens is 362 g/mol. The van der Waals surface area contributed by atoms with Crippen molar-refractivity contribution in [2.75, 3.05) is 36.4 Å². The lowest BCUT2D eigenvalue weighted by Crippen LogP contribution is -2.49. The van der Waals surface area contributed by atoms with E-state index in [4.69, 9.17) is 0 Å². The number of carbonyl (C=O) groups is 2. The summed E-state index contributed by atoms with van der Waals surface area (Å²) in [5.41, 5.74) is 5.19. The fourth-order valence-electron chi connectivity index (χ4n) is 4.06. The summed E-state index contributed by atoms with van der Waals surface area (Å²) >= 11 is 0. The molecule has 5 nitrogen and oxygen atoms in total. The first-order valence-electron chi connectivity index (χ1n) is 10.5. The van der Waals surface area contributed by atoms with Crippen molar-refractivity contribution in [3.8, 4) is 0 Å². The van der Waals surface area contributed by atoms with Gasteiger partial charge in [0.2, 0.25) is 5.91 Å². The third-order valence-corrected chi connectivity index (χ3v) is 6.31. The molecule has 2 aromatic carbocycles. The van der Waals surface area contributed by atoms with E-state index < -0.39 is 0 Å². The lowest BCUT2D eigenvalue weighted by molar-refractivity contribution is -0.117. The number of piperazine rings is 1. The van der Waals surface area contributed by atoms with Crippen LogP contribution in [0.4, 0.5) is 11.4 Å². The van der Waals surface area contributed by atoms with Crippen molar-refractivity contribution >= 4 is 23.2 Å². The Hall–Kier alpha value is -2.82. The normalized spacial score (nSPS) is 21.1. The largest absolute Gasteiger partial charge is 0.368 e. The highest BCUT2D eigenvalue weighted by Gasteiger charge is 2.39. The van der Waals surface area contributed by atoms with Crippen LogP contribution in [-0.4, -0.2) is 42.9 Å². The van der Waals surface area contributed by atoms with Crippen molar-refractivity contribution in [3.05, 3.63) is 59.2 Å². The van der Waals surface area contributed by atoms with Gasteiger partial charge < -0.3 is 15.1 Å². The highest BCUT2D eigenvalue weighted by atomic mass is 16.2. The number of nitrogens with zero attached hydrogens (tertiary/aromatic N) is 2. The maximum Gasteiger partial charge on any atom is 0.254 e. The van der Waals surface area contributed by atoms with Crippen molar-refractivity contribution in [1.82, 2.24) is 4.90 Å². The van der Waals surface area contributed by atoms with E-state index in [2.05, 4.69) is 49.2 Å². The highest BCUT2D eigenvalue weighted by molar-refractivity contribution is 5.98. The van der Waals surface area contributed by atoms with Crippen LogP contribution in [-0.2, 0) is 4.79 Å². The first kappa shape index (κ1) is 19.5. The number of nitrogens with one attached hydrogen (secondary N) is 1. The minimum Gasteiger partial charge on any atom is -0.368 e. The number of rotatable bonds is 4. The lowest BCUT2D eigenvalue weighted by atomic mass is 10.1. The Morgan fingerprint density at radius 1 is 1.00 bits per heavy atom. The van der Waals surface area contributed by atoms with Crippen molar-refractivity contribution in [2.45, 2.75) is 27.2 Å². The zero-order valence-corrected chi connectivity index (χ0v) is 17.4. The van der Waals surface area contributed by atoms with Gasteiger partial charge >= 0.3 is 0 Å². The number of benzene rings is 2. The minimum atomic E-state index is 0.0292. The SMILES string of the molecule is Cc1cccc(N2CCN(C(=O)c3cccc(NC(=O)C4CC4C)c3)CC2)c1C. The Kier molecular flexibility index (Phi) is 5.31. The van der Waals surface area contributed by atoms with Crippen LogP contribution in [0.3, 0.4) is 0 Å². The summed E-state index contributed by atoms with van der Waals surface area (Å²) in [5, 5.41) is 2.95. The van der Waals surface area contributed by atoms with Gasteiger partial charge in [0.25, 0.3) is 5.91 Å². The molecule has 2 aromatic rings. The van der Waals surface area contributed by atoms with Gasteiger partial charge in [-0.1, -0.05) is 25.1 Å². The van der Waals surface area contributed by atoms with E-state index in [0.29, 0.717) is 30.3 Å². The second-order valence-corrected chi connectivity index (χ2v) is 8.39. The molecule has 2 amide bonds. The van der Waals surface area contributed by atoms with Gasteiger partial charge in [-0.25, -0.2) is 0 Å². The second-order valence-electron chi connectivity index (χ2n) is 8.39. The number of carbonyl (C=O) groups excluding carboxylic acids is 2. The molecule has 2 atom stereocenters. The Morgan fingerprint density at radius 3 is 2.38 bits per heavy atom. The molecular formula is C24H29N3O2. The number of aryl methyl sites for hydroxylation is 1. The summed E-state index contributed by atoms with van der Waals surface area (Å²) in [6.07, 6.45) is 0.954. The van der Waals surface area contributed by atoms with Gasteiger partial charge in [0.05, 0.1) is 0 Å². The predicted octanol–water partition coefficient (Wildman–Crippen LogP) is 3.86. The van der Waals surface area contributed by atoms with Crippen LogP contribution >= 0.6 is 0 Å². The summed E-state index contributed by atoms with van der Waals surface area (Å²) in [4.78, 5) is 29.4. The Bertz CT molecular complexity index is 931. The molecule has 1 aliphatic carbocycles. The van der Waals surface area contributed by atoms with Crippen LogP contribution in [0.1, 0.15) is 34.8 Å². The van der Waals surface area contributed by atoms with Crippen LogP contribution < -0.4 is 10.2 Å². The van der Waals surface area contributed by atoms with Crippen molar-refractivity contribution in [2.24, 2.45) is 11.8 Å².